The highest BCUT2D eigenvalue weighted by molar-refractivity contribution is 9.10. The minimum absolute atomic E-state index is 0.332. The molecule has 1 atom stereocenters. The SMILES string of the molecule is CCNC(Cc1sccc1Br)c1cnccc1C. The molecule has 2 nitrogen and oxygen atoms in total. The van der Waals surface area contributed by atoms with Crippen molar-refractivity contribution in [2.24, 2.45) is 0 Å². The predicted molar refractivity (Wildman–Crippen MR) is 81.1 cm³/mol. The van der Waals surface area contributed by atoms with Gasteiger partial charge < -0.3 is 5.32 Å². The molecule has 1 N–H and O–H groups in total. The number of pyridine rings is 1. The molecule has 0 saturated carbocycles. The number of likely N-dealkylation sites (N-methyl/N-ethyl adjacent to an activating group) is 1. The maximum absolute atomic E-state index is 4.25. The molecule has 0 aliphatic carbocycles. The van der Waals surface area contributed by atoms with E-state index in [-0.39, 0.29) is 0 Å². The zero-order valence-corrected chi connectivity index (χ0v) is 13.0. The molecule has 18 heavy (non-hydrogen) atoms. The molecule has 0 spiro atoms. The summed E-state index contributed by atoms with van der Waals surface area (Å²) >= 11 is 5.40. The number of hydrogen-bond donors (Lipinski definition) is 1. The number of aryl methyl sites for hydroxylation is 1. The van der Waals surface area contributed by atoms with E-state index < -0.39 is 0 Å². The number of thiophene rings is 1. The lowest BCUT2D eigenvalue weighted by molar-refractivity contribution is 0.548. The summed E-state index contributed by atoms with van der Waals surface area (Å²) in [4.78, 5) is 5.63. The van der Waals surface area contributed by atoms with Gasteiger partial charge in [-0.1, -0.05) is 6.92 Å². The van der Waals surface area contributed by atoms with Crippen LogP contribution in [0.4, 0.5) is 0 Å². The normalized spacial score (nSPS) is 12.6. The Morgan fingerprint density at radius 1 is 1.44 bits per heavy atom. The molecule has 0 aliphatic heterocycles. The third kappa shape index (κ3) is 3.19. The second kappa shape index (κ2) is 6.45. The van der Waals surface area contributed by atoms with Crippen molar-refractivity contribution in [3.8, 4) is 0 Å². The average Bonchev–Trinajstić information content (AvgIpc) is 2.75. The van der Waals surface area contributed by atoms with E-state index in [0.29, 0.717) is 6.04 Å². The summed E-state index contributed by atoms with van der Waals surface area (Å²) in [5.41, 5.74) is 2.59. The van der Waals surface area contributed by atoms with E-state index in [1.54, 1.807) is 11.3 Å². The molecule has 2 aromatic heterocycles. The van der Waals surface area contributed by atoms with E-state index in [1.807, 2.05) is 12.4 Å². The summed E-state index contributed by atoms with van der Waals surface area (Å²) in [7, 11) is 0. The highest BCUT2D eigenvalue weighted by Gasteiger charge is 2.15. The fourth-order valence-corrected chi connectivity index (χ4v) is 3.60. The molecule has 0 fully saturated rings. The third-order valence-electron chi connectivity index (χ3n) is 2.99. The Morgan fingerprint density at radius 3 is 2.89 bits per heavy atom. The van der Waals surface area contributed by atoms with E-state index in [9.17, 15) is 0 Å². The summed E-state index contributed by atoms with van der Waals surface area (Å²) < 4.78 is 1.21. The molecule has 96 valence electrons. The van der Waals surface area contributed by atoms with Crippen molar-refractivity contribution >= 4 is 27.3 Å². The minimum atomic E-state index is 0.332. The molecule has 0 radical (unpaired) electrons. The van der Waals surface area contributed by atoms with Gasteiger partial charge in [0, 0.05) is 34.2 Å². The lowest BCUT2D eigenvalue weighted by Gasteiger charge is -2.19. The van der Waals surface area contributed by atoms with Crippen LogP contribution in [-0.2, 0) is 6.42 Å². The fourth-order valence-electron chi connectivity index (χ4n) is 2.04. The van der Waals surface area contributed by atoms with E-state index in [2.05, 4.69) is 57.6 Å². The van der Waals surface area contributed by atoms with Crippen LogP contribution in [0.15, 0.2) is 34.4 Å². The lowest BCUT2D eigenvalue weighted by Crippen LogP contribution is -2.23. The average molecular weight is 325 g/mol. The van der Waals surface area contributed by atoms with Gasteiger partial charge in [-0.25, -0.2) is 0 Å². The molecule has 0 bridgehead atoms. The van der Waals surface area contributed by atoms with Crippen LogP contribution in [0, 0.1) is 6.92 Å². The number of hydrogen-bond acceptors (Lipinski definition) is 3. The minimum Gasteiger partial charge on any atom is -0.310 e. The molecule has 0 aliphatic rings. The number of halogens is 1. The van der Waals surface area contributed by atoms with Crippen LogP contribution >= 0.6 is 27.3 Å². The first-order valence-electron chi connectivity index (χ1n) is 6.08. The van der Waals surface area contributed by atoms with Crippen LogP contribution < -0.4 is 5.32 Å². The van der Waals surface area contributed by atoms with Crippen molar-refractivity contribution in [1.29, 1.82) is 0 Å². The van der Waals surface area contributed by atoms with Gasteiger partial charge in [0.25, 0.3) is 0 Å². The number of rotatable bonds is 5. The Balaban J connectivity index is 2.24. The molecule has 0 aromatic carbocycles. The van der Waals surface area contributed by atoms with Crippen molar-refractivity contribution in [2.45, 2.75) is 26.3 Å². The van der Waals surface area contributed by atoms with Gasteiger partial charge in [-0.05, 0) is 58.0 Å². The second-order valence-electron chi connectivity index (χ2n) is 4.24. The van der Waals surface area contributed by atoms with Gasteiger partial charge in [-0.2, -0.15) is 0 Å². The quantitative estimate of drug-likeness (QED) is 0.895. The van der Waals surface area contributed by atoms with Gasteiger partial charge in [0.15, 0.2) is 0 Å². The van der Waals surface area contributed by atoms with Gasteiger partial charge in [0.2, 0.25) is 0 Å². The van der Waals surface area contributed by atoms with Crippen LogP contribution in [0.2, 0.25) is 0 Å². The van der Waals surface area contributed by atoms with Crippen LogP contribution in [0.5, 0.6) is 0 Å². The predicted octanol–water partition coefficient (Wildman–Crippen LogP) is 4.11. The van der Waals surface area contributed by atoms with E-state index in [4.69, 9.17) is 0 Å². The summed E-state index contributed by atoms with van der Waals surface area (Å²) in [6, 6.07) is 4.51. The molecule has 4 heteroatoms. The Kier molecular flexibility index (Phi) is 4.92. The summed E-state index contributed by atoms with van der Waals surface area (Å²) in [5.74, 6) is 0. The van der Waals surface area contributed by atoms with Crippen molar-refractivity contribution in [1.82, 2.24) is 10.3 Å². The van der Waals surface area contributed by atoms with E-state index in [1.165, 1.54) is 20.5 Å². The van der Waals surface area contributed by atoms with Crippen LogP contribution in [0.1, 0.15) is 29.0 Å². The van der Waals surface area contributed by atoms with Gasteiger partial charge >= 0.3 is 0 Å². The maximum atomic E-state index is 4.25. The third-order valence-corrected chi connectivity index (χ3v) is 4.93. The van der Waals surface area contributed by atoms with Crippen LogP contribution in [0.25, 0.3) is 0 Å². The van der Waals surface area contributed by atoms with Crippen molar-refractivity contribution in [3.63, 3.8) is 0 Å². The Hall–Kier alpha value is -0.710. The molecular weight excluding hydrogens is 308 g/mol. The molecule has 2 heterocycles. The van der Waals surface area contributed by atoms with Crippen LogP contribution in [0.3, 0.4) is 0 Å². The molecular formula is C14H17BrN2S. The fraction of sp³-hybridized carbons (Fsp3) is 0.357. The zero-order chi connectivity index (χ0) is 13.0. The second-order valence-corrected chi connectivity index (χ2v) is 6.09. The summed E-state index contributed by atoms with van der Waals surface area (Å²) in [6.07, 6.45) is 4.83. The highest BCUT2D eigenvalue weighted by Crippen LogP contribution is 2.29. The first-order valence-corrected chi connectivity index (χ1v) is 7.75. The zero-order valence-electron chi connectivity index (χ0n) is 10.6. The number of nitrogens with zero attached hydrogens (tertiary/aromatic N) is 1. The standard InChI is InChI=1S/C14H17BrN2S/c1-3-17-13(8-14-12(15)5-7-18-14)11-9-16-6-4-10(11)2/h4-7,9,13,17H,3,8H2,1-2H3. The molecule has 0 amide bonds. The molecule has 2 aromatic rings. The Bertz CT molecular complexity index is 510. The van der Waals surface area contributed by atoms with Crippen LogP contribution in [-0.4, -0.2) is 11.5 Å². The topological polar surface area (TPSA) is 24.9 Å². The van der Waals surface area contributed by atoms with Crippen molar-refractivity contribution in [2.75, 3.05) is 6.54 Å². The highest BCUT2D eigenvalue weighted by atomic mass is 79.9. The summed E-state index contributed by atoms with van der Waals surface area (Å²) in [5, 5.41) is 5.67. The summed E-state index contributed by atoms with van der Waals surface area (Å²) in [6.45, 7) is 5.25. The van der Waals surface area contributed by atoms with Crippen molar-refractivity contribution in [3.05, 3.63) is 50.4 Å². The number of nitrogens with one attached hydrogen (secondary N) is 1. The Morgan fingerprint density at radius 2 is 2.28 bits per heavy atom. The van der Waals surface area contributed by atoms with Gasteiger partial charge in [-0.3, -0.25) is 4.98 Å². The smallest absolute Gasteiger partial charge is 0.0387 e. The molecule has 2 rings (SSSR count). The monoisotopic (exact) mass is 324 g/mol. The van der Waals surface area contributed by atoms with Gasteiger partial charge in [-0.15, -0.1) is 11.3 Å². The largest absolute Gasteiger partial charge is 0.310 e. The van der Waals surface area contributed by atoms with Gasteiger partial charge in [0.05, 0.1) is 0 Å². The van der Waals surface area contributed by atoms with E-state index >= 15 is 0 Å². The lowest BCUT2D eigenvalue weighted by atomic mass is 10.0. The van der Waals surface area contributed by atoms with Gasteiger partial charge in [0.1, 0.15) is 0 Å². The molecule has 1 unspecified atom stereocenters. The van der Waals surface area contributed by atoms with E-state index in [0.717, 1.165) is 13.0 Å². The Labute approximate surface area is 121 Å². The van der Waals surface area contributed by atoms with Crippen molar-refractivity contribution < 1.29 is 0 Å². The first-order chi connectivity index (χ1) is 8.72. The molecule has 0 saturated heterocycles. The number of aromatic nitrogens is 1. The first kappa shape index (κ1) is 13.7. The maximum Gasteiger partial charge on any atom is 0.0387 e.